The van der Waals surface area contributed by atoms with Crippen LogP contribution in [-0.2, 0) is 5.41 Å². The van der Waals surface area contributed by atoms with Gasteiger partial charge in [-0.25, -0.2) is 0 Å². The van der Waals surface area contributed by atoms with E-state index in [1.54, 1.807) is 11.1 Å². The van der Waals surface area contributed by atoms with E-state index in [0.717, 1.165) is 0 Å². The maximum absolute atomic E-state index is 2.44. The molecule has 2 aliphatic carbocycles. The lowest BCUT2D eigenvalue weighted by Gasteiger charge is -2.67. The number of fused-ring (bicyclic) bond motifs is 5. The van der Waals surface area contributed by atoms with Gasteiger partial charge in [-0.2, -0.15) is 0 Å². The first-order chi connectivity index (χ1) is 9.42. The molecule has 0 aromatic heterocycles. The molecule has 1 fully saturated rings. The van der Waals surface area contributed by atoms with E-state index in [9.17, 15) is 0 Å². The highest BCUT2D eigenvalue weighted by molar-refractivity contribution is 5.83. The van der Waals surface area contributed by atoms with Gasteiger partial charge in [-0.3, -0.25) is 0 Å². The largest absolute Gasteiger partial charge is 0.0619 e. The Hall–Kier alpha value is -1.56. The van der Waals surface area contributed by atoms with Crippen molar-refractivity contribution in [2.45, 2.75) is 39.5 Å². The zero-order valence-corrected chi connectivity index (χ0v) is 12.8. The van der Waals surface area contributed by atoms with Crippen LogP contribution in [0.1, 0.15) is 45.2 Å². The molecule has 0 unspecified atom stereocenters. The van der Waals surface area contributed by atoms with Gasteiger partial charge in [0.25, 0.3) is 0 Å². The second kappa shape index (κ2) is 3.36. The summed E-state index contributed by atoms with van der Waals surface area (Å²) in [5.74, 6) is 0. The topological polar surface area (TPSA) is 0 Å². The summed E-state index contributed by atoms with van der Waals surface area (Å²) in [6.07, 6.45) is 1.28. The average Bonchev–Trinajstić information content (AvgIpc) is 2.71. The Kier molecular flexibility index (Phi) is 2.05. The van der Waals surface area contributed by atoms with E-state index in [1.165, 1.54) is 17.5 Å². The van der Waals surface area contributed by atoms with E-state index < -0.39 is 0 Å². The summed E-state index contributed by atoms with van der Waals surface area (Å²) in [5, 5.41) is 0. The average molecular weight is 262 g/mol. The summed E-state index contributed by atoms with van der Waals surface area (Å²) in [7, 11) is 0. The molecule has 0 saturated heterocycles. The van der Waals surface area contributed by atoms with Crippen molar-refractivity contribution in [2.24, 2.45) is 10.8 Å². The van der Waals surface area contributed by atoms with Gasteiger partial charge in [-0.15, -0.1) is 0 Å². The molecule has 0 heterocycles. The molecule has 0 atom stereocenters. The summed E-state index contributed by atoms with van der Waals surface area (Å²) >= 11 is 0. The Balaban J connectivity index is 2.16. The molecule has 0 nitrogen and oxygen atoms in total. The number of rotatable bonds is 0. The van der Waals surface area contributed by atoms with Crippen LogP contribution in [0.3, 0.4) is 0 Å². The molecule has 1 saturated carbocycles. The van der Waals surface area contributed by atoms with E-state index in [0.29, 0.717) is 10.8 Å². The standard InChI is InChI=1S/C20H22/c1-18(2)13-19(3,4)20(18)16-11-7-5-9-14(16)15-10-6-8-12-17(15)20/h5-12H,13H2,1-4H3. The highest BCUT2D eigenvalue weighted by Crippen LogP contribution is 2.75. The van der Waals surface area contributed by atoms with Gasteiger partial charge >= 0.3 is 0 Å². The minimum absolute atomic E-state index is 0.174. The minimum Gasteiger partial charge on any atom is -0.0619 e. The number of hydrogen-bond acceptors (Lipinski definition) is 0. The Morgan fingerprint density at radius 3 is 1.45 bits per heavy atom. The van der Waals surface area contributed by atoms with Crippen molar-refractivity contribution in [3.05, 3.63) is 59.7 Å². The van der Waals surface area contributed by atoms with Gasteiger partial charge in [-0.05, 0) is 39.5 Å². The summed E-state index contributed by atoms with van der Waals surface area (Å²) in [6, 6.07) is 18.1. The van der Waals surface area contributed by atoms with Crippen molar-refractivity contribution < 1.29 is 0 Å². The van der Waals surface area contributed by atoms with Gasteiger partial charge in [0.05, 0.1) is 0 Å². The van der Waals surface area contributed by atoms with Gasteiger partial charge < -0.3 is 0 Å². The fourth-order valence-corrected chi connectivity index (χ4v) is 5.87. The van der Waals surface area contributed by atoms with Crippen molar-refractivity contribution >= 4 is 0 Å². The van der Waals surface area contributed by atoms with Crippen molar-refractivity contribution in [1.29, 1.82) is 0 Å². The van der Waals surface area contributed by atoms with E-state index in [-0.39, 0.29) is 5.41 Å². The van der Waals surface area contributed by atoms with Crippen LogP contribution in [0, 0.1) is 10.8 Å². The van der Waals surface area contributed by atoms with Crippen LogP contribution in [0.5, 0.6) is 0 Å². The van der Waals surface area contributed by atoms with Crippen LogP contribution in [0.15, 0.2) is 48.5 Å². The van der Waals surface area contributed by atoms with Crippen molar-refractivity contribution in [1.82, 2.24) is 0 Å². The Labute approximate surface area is 121 Å². The highest BCUT2D eigenvalue weighted by atomic mass is 14.7. The predicted octanol–water partition coefficient (Wildman–Crippen LogP) is 5.41. The maximum atomic E-state index is 2.44. The molecule has 0 radical (unpaired) electrons. The van der Waals surface area contributed by atoms with Gasteiger partial charge in [0, 0.05) is 5.41 Å². The Morgan fingerprint density at radius 1 is 0.650 bits per heavy atom. The second-order valence-electron chi connectivity index (χ2n) is 7.79. The van der Waals surface area contributed by atoms with Gasteiger partial charge in [0.15, 0.2) is 0 Å². The van der Waals surface area contributed by atoms with Crippen LogP contribution in [-0.4, -0.2) is 0 Å². The SMILES string of the molecule is CC1(C)CC(C)(C)C12c1ccccc1-c1ccccc12. The Morgan fingerprint density at radius 2 is 1.05 bits per heavy atom. The molecular weight excluding hydrogens is 240 g/mol. The normalized spacial score (nSPS) is 23.0. The quantitative estimate of drug-likeness (QED) is 0.595. The van der Waals surface area contributed by atoms with Crippen LogP contribution < -0.4 is 0 Å². The van der Waals surface area contributed by atoms with E-state index >= 15 is 0 Å². The molecule has 2 aromatic rings. The molecule has 0 heteroatoms. The molecule has 1 spiro atoms. The monoisotopic (exact) mass is 262 g/mol. The smallest absolute Gasteiger partial charge is 0.0317 e. The molecule has 20 heavy (non-hydrogen) atoms. The molecule has 2 aliphatic rings. The third kappa shape index (κ3) is 1.07. The molecule has 0 bridgehead atoms. The molecule has 102 valence electrons. The maximum Gasteiger partial charge on any atom is 0.0317 e. The number of benzene rings is 2. The first-order valence-electron chi connectivity index (χ1n) is 7.61. The van der Waals surface area contributed by atoms with Crippen LogP contribution in [0.25, 0.3) is 11.1 Å². The summed E-state index contributed by atoms with van der Waals surface area (Å²) < 4.78 is 0. The molecule has 0 N–H and O–H groups in total. The summed E-state index contributed by atoms with van der Waals surface area (Å²) in [6.45, 7) is 9.77. The molecule has 0 amide bonds. The van der Waals surface area contributed by atoms with E-state index in [1.807, 2.05) is 0 Å². The minimum atomic E-state index is 0.174. The predicted molar refractivity (Wildman–Crippen MR) is 84.8 cm³/mol. The van der Waals surface area contributed by atoms with Crippen LogP contribution >= 0.6 is 0 Å². The van der Waals surface area contributed by atoms with E-state index in [4.69, 9.17) is 0 Å². The lowest BCUT2D eigenvalue weighted by atomic mass is 9.36. The second-order valence-corrected chi connectivity index (χ2v) is 7.79. The molecule has 0 aliphatic heterocycles. The highest BCUT2D eigenvalue weighted by Gasteiger charge is 2.69. The van der Waals surface area contributed by atoms with Gasteiger partial charge in [0.2, 0.25) is 0 Å². The third-order valence-electron chi connectivity index (χ3n) is 5.87. The lowest BCUT2D eigenvalue weighted by Crippen LogP contribution is -2.63. The van der Waals surface area contributed by atoms with E-state index in [2.05, 4.69) is 76.2 Å². The number of hydrogen-bond donors (Lipinski definition) is 0. The first kappa shape index (κ1) is 12.2. The molecular formula is C20H22. The van der Waals surface area contributed by atoms with Crippen LogP contribution in [0.4, 0.5) is 0 Å². The third-order valence-corrected chi connectivity index (χ3v) is 5.87. The van der Waals surface area contributed by atoms with Crippen molar-refractivity contribution in [3.8, 4) is 11.1 Å². The van der Waals surface area contributed by atoms with Crippen molar-refractivity contribution in [2.75, 3.05) is 0 Å². The summed E-state index contributed by atoms with van der Waals surface area (Å²) in [4.78, 5) is 0. The first-order valence-corrected chi connectivity index (χ1v) is 7.61. The molecule has 2 aromatic carbocycles. The fraction of sp³-hybridized carbons (Fsp3) is 0.400. The van der Waals surface area contributed by atoms with Crippen molar-refractivity contribution in [3.63, 3.8) is 0 Å². The zero-order chi connectivity index (χ0) is 14.2. The Bertz CT molecular complexity index is 642. The van der Waals surface area contributed by atoms with Crippen LogP contribution in [0.2, 0.25) is 0 Å². The molecule has 4 rings (SSSR count). The zero-order valence-electron chi connectivity index (χ0n) is 12.8. The fourth-order valence-electron chi connectivity index (χ4n) is 5.87. The summed E-state index contributed by atoms with van der Waals surface area (Å²) in [5.41, 5.74) is 6.80. The lowest BCUT2D eigenvalue weighted by molar-refractivity contribution is -0.0857. The van der Waals surface area contributed by atoms with Gasteiger partial charge in [-0.1, -0.05) is 76.2 Å². The van der Waals surface area contributed by atoms with Gasteiger partial charge in [0.1, 0.15) is 0 Å².